The van der Waals surface area contributed by atoms with E-state index in [1.807, 2.05) is 13.8 Å². The molecule has 1 saturated heterocycles. The Bertz CT molecular complexity index is 683. The van der Waals surface area contributed by atoms with Gasteiger partial charge in [0.15, 0.2) is 5.13 Å². The van der Waals surface area contributed by atoms with E-state index in [0.29, 0.717) is 18.5 Å². The number of piperazine rings is 1. The van der Waals surface area contributed by atoms with Gasteiger partial charge in [-0.15, -0.1) is 11.3 Å². The Morgan fingerprint density at radius 3 is 2.87 bits per heavy atom. The van der Waals surface area contributed by atoms with Crippen LogP contribution in [-0.2, 0) is 4.79 Å². The highest BCUT2D eigenvalue weighted by Gasteiger charge is 2.26. The molecule has 124 valence electrons. The fourth-order valence-electron chi connectivity index (χ4n) is 2.74. The van der Waals surface area contributed by atoms with Crippen LogP contribution in [0, 0.1) is 13.8 Å². The van der Waals surface area contributed by atoms with Crippen LogP contribution in [0.4, 0.5) is 11.0 Å². The highest BCUT2D eigenvalue weighted by atomic mass is 32.1. The van der Waals surface area contributed by atoms with Gasteiger partial charge in [-0.3, -0.25) is 15.0 Å². The van der Waals surface area contributed by atoms with Gasteiger partial charge < -0.3 is 9.42 Å². The van der Waals surface area contributed by atoms with Gasteiger partial charge in [-0.2, -0.15) is 0 Å². The number of anilines is 2. The van der Waals surface area contributed by atoms with Crippen molar-refractivity contribution in [3.05, 3.63) is 22.8 Å². The normalized spacial score (nSPS) is 19.1. The van der Waals surface area contributed by atoms with Gasteiger partial charge in [0.05, 0.1) is 17.9 Å². The number of hydrogen-bond acceptors (Lipinski definition) is 7. The molecule has 0 unspecified atom stereocenters. The number of carbonyl (C=O) groups excluding carboxylic acids is 1. The predicted molar refractivity (Wildman–Crippen MR) is 90.0 cm³/mol. The Labute approximate surface area is 139 Å². The third-order valence-corrected chi connectivity index (χ3v) is 4.82. The molecule has 1 amide bonds. The number of hydrogen-bond donors (Lipinski definition) is 1. The molecular weight excluding hydrogens is 314 g/mol. The van der Waals surface area contributed by atoms with Crippen molar-refractivity contribution in [2.45, 2.75) is 26.8 Å². The molecule has 2 aromatic heterocycles. The molecule has 1 N–H and O–H groups in total. The summed E-state index contributed by atoms with van der Waals surface area (Å²) in [5.41, 5.74) is 1.81. The molecule has 8 heteroatoms. The summed E-state index contributed by atoms with van der Waals surface area (Å²) in [6, 6.07) is 2.04. The molecule has 2 aromatic rings. The lowest BCUT2D eigenvalue weighted by Crippen LogP contribution is -2.53. The van der Waals surface area contributed by atoms with Crippen molar-refractivity contribution in [2.24, 2.45) is 0 Å². The summed E-state index contributed by atoms with van der Waals surface area (Å²) >= 11 is 1.68. The van der Waals surface area contributed by atoms with Crippen LogP contribution < -0.4 is 10.2 Å². The second kappa shape index (κ2) is 6.67. The van der Waals surface area contributed by atoms with E-state index < -0.39 is 0 Å². The largest absolute Gasteiger partial charge is 0.343 e. The SMILES string of the molecule is Cc1cc(NC(=O)CN2CCN(c3nc(C)cs3)[C@@H](C)C2)on1. The molecule has 0 aliphatic carbocycles. The Balaban J connectivity index is 1.52. The third-order valence-electron chi connectivity index (χ3n) is 3.82. The molecule has 0 bridgehead atoms. The first-order valence-electron chi connectivity index (χ1n) is 7.65. The third kappa shape index (κ3) is 3.89. The van der Waals surface area contributed by atoms with Crippen molar-refractivity contribution in [3.63, 3.8) is 0 Å². The molecule has 3 heterocycles. The monoisotopic (exact) mass is 335 g/mol. The molecule has 3 rings (SSSR count). The van der Waals surface area contributed by atoms with Crippen LogP contribution >= 0.6 is 11.3 Å². The molecule has 0 aromatic carbocycles. The van der Waals surface area contributed by atoms with Crippen LogP contribution in [0.25, 0.3) is 0 Å². The van der Waals surface area contributed by atoms with E-state index in [2.05, 4.69) is 37.6 Å². The molecule has 7 nitrogen and oxygen atoms in total. The number of carbonyl (C=O) groups is 1. The number of nitrogens with zero attached hydrogens (tertiary/aromatic N) is 4. The van der Waals surface area contributed by atoms with Crippen LogP contribution in [-0.4, -0.2) is 53.2 Å². The molecule has 23 heavy (non-hydrogen) atoms. The maximum absolute atomic E-state index is 12.1. The summed E-state index contributed by atoms with van der Waals surface area (Å²) in [5, 5.41) is 9.63. The first kappa shape index (κ1) is 15.9. The number of nitrogens with one attached hydrogen (secondary N) is 1. The summed E-state index contributed by atoms with van der Waals surface area (Å²) in [7, 11) is 0. The van der Waals surface area contributed by atoms with Crippen molar-refractivity contribution in [3.8, 4) is 0 Å². The second-order valence-corrected chi connectivity index (χ2v) is 6.77. The Hall–Kier alpha value is -1.93. The van der Waals surface area contributed by atoms with Crippen molar-refractivity contribution in [2.75, 3.05) is 36.4 Å². The minimum atomic E-state index is -0.0770. The first-order valence-corrected chi connectivity index (χ1v) is 8.53. The van der Waals surface area contributed by atoms with Gasteiger partial charge in [0, 0.05) is 37.1 Å². The predicted octanol–water partition coefficient (Wildman–Crippen LogP) is 1.90. The van der Waals surface area contributed by atoms with Gasteiger partial charge in [0.2, 0.25) is 11.8 Å². The Morgan fingerprint density at radius 2 is 2.26 bits per heavy atom. The average molecular weight is 335 g/mol. The molecule has 0 saturated carbocycles. The Morgan fingerprint density at radius 1 is 1.43 bits per heavy atom. The quantitative estimate of drug-likeness (QED) is 0.920. The number of rotatable bonds is 4. The fourth-order valence-corrected chi connectivity index (χ4v) is 3.67. The van der Waals surface area contributed by atoms with Crippen LogP contribution in [0.5, 0.6) is 0 Å². The number of amides is 1. The zero-order valence-corrected chi connectivity index (χ0v) is 14.4. The van der Waals surface area contributed by atoms with Gasteiger partial charge >= 0.3 is 0 Å². The number of aromatic nitrogens is 2. The summed E-state index contributed by atoms with van der Waals surface area (Å²) in [4.78, 5) is 21.1. The number of thiazole rings is 1. The molecule has 1 atom stereocenters. The number of aryl methyl sites for hydroxylation is 2. The minimum absolute atomic E-state index is 0.0770. The molecule has 1 fully saturated rings. The zero-order chi connectivity index (χ0) is 16.4. The first-order chi connectivity index (χ1) is 11.0. The van der Waals surface area contributed by atoms with E-state index >= 15 is 0 Å². The molecule has 0 spiro atoms. The van der Waals surface area contributed by atoms with Gasteiger partial charge in [-0.05, 0) is 20.8 Å². The topological polar surface area (TPSA) is 74.5 Å². The Kier molecular flexibility index (Phi) is 4.63. The lowest BCUT2D eigenvalue weighted by Gasteiger charge is -2.39. The summed E-state index contributed by atoms with van der Waals surface area (Å²) in [5.74, 6) is 0.323. The average Bonchev–Trinajstić information content (AvgIpc) is 3.08. The fraction of sp³-hybridized carbons (Fsp3) is 0.533. The molecular formula is C15H21N5O2S. The molecule has 1 aliphatic heterocycles. The lowest BCUT2D eigenvalue weighted by molar-refractivity contribution is -0.117. The highest BCUT2D eigenvalue weighted by Crippen LogP contribution is 2.24. The van der Waals surface area contributed by atoms with E-state index in [1.165, 1.54) is 0 Å². The maximum Gasteiger partial charge on any atom is 0.240 e. The van der Waals surface area contributed by atoms with E-state index in [9.17, 15) is 4.79 Å². The standard InChI is InChI=1S/C15H21N5O2S/c1-10-6-14(22-18-10)17-13(21)8-19-4-5-20(12(3)7-19)15-16-11(2)9-23-15/h6,9,12H,4-5,7-8H2,1-3H3,(H,17,21)/t12-/m0/s1. The summed E-state index contributed by atoms with van der Waals surface area (Å²) < 4.78 is 5.01. The second-order valence-electron chi connectivity index (χ2n) is 5.93. The minimum Gasteiger partial charge on any atom is -0.343 e. The van der Waals surface area contributed by atoms with Crippen molar-refractivity contribution in [1.29, 1.82) is 0 Å². The van der Waals surface area contributed by atoms with E-state index in [-0.39, 0.29) is 5.91 Å². The highest BCUT2D eigenvalue weighted by molar-refractivity contribution is 7.13. The van der Waals surface area contributed by atoms with Crippen molar-refractivity contribution < 1.29 is 9.32 Å². The van der Waals surface area contributed by atoms with Crippen LogP contribution in [0.2, 0.25) is 0 Å². The van der Waals surface area contributed by atoms with Gasteiger partial charge in [-0.1, -0.05) is 5.16 Å². The van der Waals surface area contributed by atoms with Crippen molar-refractivity contribution >= 4 is 28.3 Å². The van der Waals surface area contributed by atoms with Crippen LogP contribution in [0.3, 0.4) is 0 Å². The van der Waals surface area contributed by atoms with E-state index in [0.717, 1.165) is 36.2 Å². The van der Waals surface area contributed by atoms with Crippen molar-refractivity contribution in [1.82, 2.24) is 15.0 Å². The van der Waals surface area contributed by atoms with Gasteiger partial charge in [0.1, 0.15) is 0 Å². The molecule has 1 aliphatic rings. The van der Waals surface area contributed by atoms with E-state index in [4.69, 9.17) is 4.52 Å². The summed E-state index contributed by atoms with van der Waals surface area (Å²) in [6.45, 7) is 8.91. The lowest BCUT2D eigenvalue weighted by atomic mass is 10.2. The summed E-state index contributed by atoms with van der Waals surface area (Å²) in [6.07, 6.45) is 0. The van der Waals surface area contributed by atoms with Crippen LogP contribution in [0.1, 0.15) is 18.3 Å². The zero-order valence-electron chi connectivity index (χ0n) is 13.6. The van der Waals surface area contributed by atoms with Crippen LogP contribution in [0.15, 0.2) is 16.0 Å². The van der Waals surface area contributed by atoms with E-state index in [1.54, 1.807) is 17.4 Å². The smallest absolute Gasteiger partial charge is 0.240 e. The maximum atomic E-state index is 12.1. The molecule has 0 radical (unpaired) electrons. The van der Waals surface area contributed by atoms with Gasteiger partial charge in [0.25, 0.3) is 0 Å². The van der Waals surface area contributed by atoms with Gasteiger partial charge in [-0.25, -0.2) is 4.98 Å².